The first-order valence-corrected chi connectivity index (χ1v) is 7.78. The Morgan fingerprint density at radius 2 is 2.00 bits per heavy atom. The van der Waals surface area contributed by atoms with Crippen molar-refractivity contribution >= 4 is 17.5 Å². The Balaban J connectivity index is 1.74. The van der Waals surface area contributed by atoms with Gasteiger partial charge >= 0.3 is 0 Å². The van der Waals surface area contributed by atoms with E-state index in [1.54, 1.807) is 0 Å². The van der Waals surface area contributed by atoms with Crippen LogP contribution in [0.4, 0.5) is 0 Å². The Labute approximate surface area is 126 Å². The van der Waals surface area contributed by atoms with E-state index >= 15 is 0 Å². The lowest BCUT2D eigenvalue weighted by Crippen LogP contribution is -2.30. The molecular formula is C16H23ClN2O. The van der Waals surface area contributed by atoms with Gasteiger partial charge in [0.05, 0.1) is 6.04 Å². The quantitative estimate of drug-likeness (QED) is 0.875. The van der Waals surface area contributed by atoms with Gasteiger partial charge in [0.15, 0.2) is 0 Å². The Kier molecular flexibility index (Phi) is 5.86. The summed E-state index contributed by atoms with van der Waals surface area (Å²) in [5, 5.41) is 7.13. The SMILES string of the molecule is C[C@H](NC(=O)CCC1CCNCC1)c1ccc(Cl)cc1. The molecule has 1 aromatic carbocycles. The lowest BCUT2D eigenvalue weighted by atomic mass is 9.93. The summed E-state index contributed by atoms with van der Waals surface area (Å²) in [6, 6.07) is 7.66. The van der Waals surface area contributed by atoms with Crippen LogP contribution in [0, 0.1) is 5.92 Å². The molecule has 2 N–H and O–H groups in total. The average Bonchev–Trinajstić information content (AvgIpc) is 2.47. The Morgan fingerprint density at radius 1 is 1.35 bits per heavy atom. The molecule has 1 amide bonds. The lowest BCUT2D eigenvalue weighted by Gasteiger charge is -2.22. The number of rotatable bonds is 5. The fourth-order valence-corrected chi connectivity index (χ4v) is 2.78. The van der Waals surface area contributed by atoms with Crippen LogP contribution in [-0.2, 0) is 4.79 Å². The predicted molar refractivity (Wildman–Crippen MR) is 82.8 cm³/mol. The zero-order chi connectivity index (χ0) is 14.4. The standard InChI is InChI=1S/C16H23ClN2O/c1-12(14-3-5-15(17)6-4-14)19-16(20)7-2-13-8-10-18-11-9-13/h3-6,12-13,18H,2,7-11H2,1H3,(H,19,20)/t12-/m0/s1. The van der Waals surface area contributed by atoms with Gasteiger partial charge in [-0.3, -0.25) is 4.79 Å². The maximum atomic E-state index is 12.0. The van der Waals surface area contributed by atoms with Gasteiger partial charge in [-0.15, -0.1) is 0 Å². The number of carbonyl (C=O) groups is 1. The number of benzene rings is 1. The minimum absolute atomic E-state index is 0.0350. The molecule has 2 rings (SSSR count). The highest BCUT2D eigenvalue weighted by Gasteiger charge is 2.15. The molecule has 0 bridgehead atoms. The highest BCUT2D eigenvalue weighted by Crippen LogP contribution is 2.19. The molecule has 0 unspecified atom stereocenters. The van der Waals surface area contributed by atoms with Crippen LogP contribution in [0.5, 0.6) is 0 Å². The van der Waals surface area contributed by atoms with E-state index in [1.165, 1.54) is 12.8 Å². The number of carbonyl (C=O) groups excluding carboxylic acids is 1. The van der Waals surface area contributed by atoms with Gasteiger partial charge in [0.2, 0.25) is 5.91 Å². The summed E-state index contributed by atoms with van der Waals surface area (Å²) in [5.41, 5.74) is 1.09. The van der Waals surface area contributed by atoms with E-state index < -0.39 is 0 Å². The third-order valence-electron chi connectivity index (χ3n) is 3.99. The maximum Gasteiger partial charge on any atom is 0.220 e. The summed E-state index contributed by atoms with van der Waals surface area (Å²) in [6.07, 6.45) is 4.02. The van der Waals surface area contributed by atoms with Crippen LogP contribution in [0.2, 0.25) is 5.02 Å². The number of piperidine rings is 1. The molecule has 3 nitrogen and oxygen atoms in total. The van der Waals surface area contributed by atoms with Gasteiger partial charge in [0, 0.05) is 11.4 Å². The molecule has 20 heavy (non-hydrogen) atoms. The fraction of sp³-hybridized carbons (Fsp3) is 0.562. The predicted octanol–water partition coefficient (Wildman–Crippen LogP) is 3.30. The zero-order valence-corrected chi connectivity index (χ0v) is 12.7. The lowest BCUT2D eigenvalue weighted by molar-refractivity contribution is -0.122. The van der Waals surface area contributed by atoms with Gasteiger partial charge in [0.25, 0.3) is 0 Å². The van der Waals surface area contributed by atoms with Crippen molar-refractivity contribution in [2.45, 2.75) is 38.6 Å². The number of hydrogen-bond donors (Lipinski definition) is 2. The third kappa shape index (κ3) is 4.80. The molecule has 1 atom stereocenters. The molecule has 1 saturated heterocycles. The smallest absolute Gasteiger partial charge is 0.220 e. The number of amides is 1. The van der Waals surface area contributed by atoms with Crippen LogP contribution in [0.3, 0.4) is 0 Å². The molecule has 1 fully saturated rings. The molecule has 0 aliphatic carbocycles. The summed E-state index contributed by atoms with van der Waals surface area (Å²) >= 11 is 5.87. The summed E-state index contributed by atoms with van der Waals surface area (Å²) in [6.45, 7) is 4.19. The monoisotopic (exact) mass is 294 g/mol. The van der Waals surface area contributed by atoms with E-state index in [9.17, 15) is 4.79 Å². The molecule has 0 aromatic heterocycles. The molecule has 0 spiro atoms. The Hall–Kier alpha value is -1.06. The van der Waals surface area contributed by atoms with Crippen molar-refractivity contribution in [3.05, 3.63) is 34.9 Å². The second-order valence-corrected chi connectivity index (χ2v) is 6.01. The highest BCUT2D eigenvalue weighted by atomic mass is 35.5. The van der Waals surface area contributed by atoms with Crippen molar-refractivity contribution in [2.24, 2.45) is 5.92 Å². The van der Waals surface area contributed by atoms with Gasteiger partial charge in [-0.1, -0.05) is 23.7 Å². The van der Waals surface area contributed by atoms with Crippen LogP contribution in [0.25, 0.3) is 0 Å². The normalized spacial score (nSPS) is 17.7. The van der Waals surface area contributed by atoms with Crippen molar-refractivity contribution in [1.82, 2.24) is 10.6 Å². The average molecular weight is 295 g/mol. The van der Waals surface area contributed by atoms with E-state index in [4.69, 9.17) is 11.6 Å². The number of halogens is 1. The summed E-state index contributed by atoms with van der Waals surface area (Å²) in [5.74, 6) is 0.846. The summed E-state index contributed by atoms with van der Waals surface area (Å²) in [7, 11) is 0. The minimum atomic E-state index is 0.0350. The largest absolute Gasteiger partial charge is 0.350 e. The number of nitrogens with one attached hydrogen (secondary N) is 2. The van der Waals surface area contributed by atoms with Crippen molar-refractivity contribution in [3.8, 4) is 0 Å². The molecule has 1 aliphatic rings. The molecule has 1 aliphatic heterocycles. The first kappa shape index (κ1) is 15.3. The molecule has 0 radical (unpaired) electrons. The molecule has 0 saturated carbocycles. The third-order valence-corrected chi connectivity index (χ3v) is 4.24. The molecule has 4 heteroatoms. The molecular weight excluding hydrogens is 272 g/mol. The highest BCUT2D eigenvalue weighted by molar-refractivity contribution is 6.30. The summed E-state index contributed by atoms with van der Waals surface area (Å²) < 4.78 is 0. The van der Waals surface area contributed by atoms with E-state index in [0.717, 1.165) is 30.1 Å². The van der Waals surface area contributed by atoms with Crippen molar-refractivity contribution < 1.29 is 4.79 Å². The van der Waals surface area contributed by atoms with E-state index in [-0.39, 0.29) is 11.9 Å². The first-order chi connectivity index (χ1) is 9.65. The minimum Gasteiger partial charge on any atom is -0.350 e. The van der Waals surface area contributed by atoms with Gasteiger partial charge < -0.3 is 10.6 Å². The van der Waals surface area contributed by atoms with Crippen LogP contribution in [-0.4, -0.2) is 19.0 Å². The van der Waals surface area contributed by atoms with Gasteiger partial charge in [0.1, 0.15) is 0 Å². The molecule has 1 aromatic rings. The first-order valence-electron chi connectivity index (χ1n) is 7.40. The summed E-state index contributed by atoms with van der Waals surface area (Å²) in [4.78, 5) is 12.0. The van der Waals surface area contributed by atoms with Crippen molar-refractivity contribution in [3.63, 3.8) is 0 Å². The topological polar surface area (TPSA) is 41.1 Å². The Morgan fingerprint density at radius 3 is 2.65 bits per heavy atom. The number of hydrogen-bond acceptors (Lipinski definition) is 2. The van der Waals surface area contributed by atoms with Crippen molar-refractivity contribution in [1.29, 1.82) is 0 Å². The second-order valence-electron chi connectivity index (χ2n) is 5.57. The van der Waals surface area contributed by atoms with Crippen molar-refractivity contribution in [2.75, 3.05) is 13.1 Å². The van der Waals surface area contributed by atoms with E-state index in [1.807, 2.05) is 31.2 Å². The molecule has 1 heterocycles. The van der Waals surface area contributed by atoms with Crippen LogP contribution in [0.15, 0.2) is 24.3 Å². The van der Waals surface area contributed by atoms with Crippen LogP contribution in [0.1, 0.15) is 44.2 Å². The second kappa shape index (κ2) is 7.65. The van der Waals surface area contributed by atoms with Crippen LogP contribution >= 0.6 is 11.6 Å². The van der Waals surface area contributed by atoms with Gasteiger partial charge in [-0.2, -0.15) is 0 Å². The maximum absolute atomic E-state index is 12.0. The van der Waals surface area contributed by atoms with E-state index in [0.29, 0.717) is 12.3 Å². The Bertz CT molecular complexity index is 427. The van der Waals surface area contributed by atoms with E-state index in [2.05, 4.69) is 10.6 Å². The molecule has 110 valence electrons. The van der Waals surface area contributed by atoms with Crippen LogP contribution < -0.4 is 10.6 Å². The van der Waals surface area contributed by atoms with Gasteiger partial charge in [-0.05, 0) is 62.9 Å². The fourth-order valence-electron chi connectivity index (χ4n) is 2.65. The zero-order valence-electron chi connectivity index (χ0n) is 12.0. The van der Waals surface area contributed by atoms with Gasteiger partial charge in [-0.25, -0.2) is 0 Å².